The van der Waals surface area contributed by atoms with Gasteiger partial charge in [-0.1, -0.05) is 212 Å². The molecule has 0 saturated heterocycles. The molecule has 14 rings (SSSR count). The number of nitrogens with zero attached hydrogens (tertiary/aromatic N) is 3. The summed E-state index contributed by atoms with van der Waals surface area (Å²) in [6.07, 6.45) is 0. The molecule has 10 aromatic rings. The molecule has 1 aromatic heterocycles. The number of aromatic nitrogens is 3. The van der Waals surface area contributed by atoms with Crippen LogP contribution in [0, 0.1) is 0 Å². The maximum atomic E-state index is 5.59. The summed E-state index contributed by atoms with van der Waals surface area (Å²) in [5.41, 5.74) is 22.3. The Bertz CT molecular complexity index is 3240. The lowest BCUT2D eigenvalue weighted by atomic mass is 9.70. The van der Waals surface area contributed by atoms with E-state index < -0.39 is 10.8 Å². The van der Waals surface area contributed by atoms with Crippen LogP contribution in [0.2, 0.25) is 0 Å². The zero-order valence-electron chi connectivity index (χ0n) is 33.5. The summed E-state index contributed by atoms with van der Waals surface area (Å²) < 4.78 is 0. The molecule has 4 aliphatic carbocycles. The third kappa shape index (κ3) is 4.08. The molecular formula is C59H35N3. The van der Waals surface area contributed by atoms with E-state index in [2.05, 4.69) is 206 Å². The SMILES string of the molecule is c1ccc(-c2nc(-c3cccc4c3-c3ccccc3C43c4ccccc4-c4ccccc43)nc(-c3cccc4c3-c3ccccc3C43c4ccccc4-c4ccccc43)n2)cc1. The second-order valence-electron chi connectivity index (χ2n) is 16.9. The Labute approximate surface area is 359 Å². The highest BCUT2D eigenvalue weighted by Gasteiger charge is 2.53. The van der Waals surface area contributed by atoms with Gasteiger partial charge in [0.25, 0.3) is 0 Å². The molecule has 9 aromatic carbocycles. The van der Waals surface area contributed by atoms with Crippen LogP contribution in [0.15, 0.2) is 212 Å². The fourth-order valence-electron chi connectivity index (χ4n) is 12.0. The van der Waals surface area contributed by atoms with Crippen LogP contribution in [0.25, 0.3) is 78.7 Å². The smallest absolute Gasteiger partial charge is 0.164 e. The second kappa shape index (κ2) is 12.3. The second-order valence-corrected chi connectivity index (χ2v) is 16.9. The highest BCUT2D eigenvalue weighted by Crippen LogP contribution is 2.65. The molecule has 0 bridgehead atoms. The summed E-state index contributed by atoms with van der Waals surface area (Å²) in [4.78, 5) is 16.4. The van der Waals surface area contributed by atoms with Gasteiger partial charge in [-0.3, -0.25) is 0 Å². The van der Waals surface area contributed by atoms with E-state index in [0.717, 1.165) is 16.7 Å². The average molecular weight is 786 g/mol. The Morgan fingerprint density at radius 2 is 0.484 bits per heavy atom. The highest BCUT2D eigenvalue weighted by atomic mass is 15.0. The fraction of sp³-hybridized carbons (Fsp3) is 0.0339. The lowest BCUT2D eigenvalue weighted by Gasteiger charge is -2.30. The van der Waals surface area contributed by atoms with Gasteiger partial charge in [0.2, 0.25) is 0 Å². The highest BCUT2D eigenvalue weighted by molar-refractivity contribution is 6.01. The molecule has 0 N–H and O–H groups in total. The average Bonchev–Trinajstić information content (AvgIpc) is 4.03. The van der Waals surface area contributed by atoms with Crippen LogP contribution in [0.4, 0.5) is 0 Å². The molecule has 1 heterocycles. The van der Waals surface area contributed by atoms with E-state index in [9.17, 15) is 0 Å². The van der Waals surface area contributed by atoms with Gasteiger partial charge in [0, 0.05) is 16.7 Å². The van der Waals surface area contributed by atoms with Crippen molar-refractivity contribution in [2.24, 2.45) is 0 Å². The molecule has 3 heteroatoms. The van der Waals surface area contributed by atoms with E-state index in [-0.39, 0.29) is 0 Å². The van der Waals surface area contributed by atoms with Crippen molar-refractivity contribution in [2.45, 2.75) is 10.8 Å². The first-order chi connectivity index (χ1) is 30.8. The minimum atomic E-state index is -0.473. The number of hydrogen-bond donors (Lipinski definition) is 0. The van der Waals surface area contributed by atoms with Crippen molar-refractivity contribution < 1.29 is 0 Å². The Balaban J connectivity index is 1.05. The summed E-state index contributed by atoms with van der Waals surface area (Å²) >= 11 is 0. The zero-order valence-corrected chi connectivity index (χ0v) is 33.5. The first-order valence-corrected chi connectivity index (χ1v) is 21.5. The number of rotatable bonds is 3. The van der Waals surface area contributed by atoms with Crippen molar-refractivity contribution in [1.82, 2.24) is 15.0 Å². The van der Waals surface area contributed by atoms with E-state index in [0.29, 0.717) is 17.5 Å². The predicted molar refractivity (Wildman–Crippen MR) is 249 cm³/mol. The van der Waals surface area contributed by atoms with E-state index >= 15 is 0 Å². The van der Waals surface area contributed by atoms with Crippen LogP contribution < -0.4 is 0 Å². The molecule has 0 atom stereocenters. The van der Waals surface area contributed by atoms with Crippen molar-refractivity contribution in [3.05, 3.63) is 257 Å². The van der Waals surface area contributed by atoms with Gasteiger partial charge in [-0.25, -0.2) is 15.0 Å². The monoisotopic (exact) mass is 785 g/mol. The minimum Gasteiger partial charge on any atom is -0.208 e. The molecule has 4 aliphatic rings. The Hall–Kier alpha value is -8.01. The molecule has 0 unspecified atom stereocenters. The van der Waals surface area contributed by atoms with Crippen molar-refractivity contribution >= 4 is 0 Å². The standard InChI is InChI=1S/C59H35N3/c1-2-18-36(19-3-1)55-60-56(43-26-16-34-51-53(43)41-24-8-14-32-49(41)58(51)45-28-10-4-20-37(45)38-21-5-11-29-46(38)58)62-57(61-55)44-27-17-35-52-54(44)42-25-9-15-33-50(42)59(52)47-30-12-6-22-39(47)40-23-7-13-31-48(40)59/h1-35H. The van der Waals surface area contributed by atoms with E-state index in [1.54, 1.807) is 0 Å². The maximum absolute atomic E-state index is 5.59. The molecule has 0 radical (unpaired) electrons. The number of fused-ring (bicyclic) bond motifs is 20. The maximum Gasteiger partial charge on any atom is 0.164 e. The third-order valence-electron chi connectivity index (χ3n) is 14.2. The topological polar surface area (TPSA) is 38.7 Å². The van der Waals surface area contributed by atoms with Gasteiger partial charge in [0.1, 0.15) is 0 Å². The summed E-state index contributed by atoms with van der Waals surface area (Å²) in [6.45, 7) is 0. The zero-order chi connectivity index (χ0) is 40.6. The van der Waals surface area contributed by atoms with Crippen molar-refractivity contribution in [3.8, 4) is 78.7 Å². The van der Waals surface area contributed by atoms with Crippen molar-refractivity contribution in [2.75, 3.05) is 0 Å². The molecule has 3 nitrogen and oxygen atoms in total. The molecule has 62 heavy (non-hydrogen) atoms. The molecule has 286 valence electrons. The molecule has 0 amide bonds. The molecule has 2 spiro atoms. The Kier molecular flexibility index (Phi) is 6.69. The minimum absolute atomic E-state index is 0.473. The Morgan fingerprint density at radius 1 is 0.210 bits per heavy atom. The molecular weight excluding hydrogens is 751 g/mol. The quantitative estimate of drug-likeness (QED) is 0.179. The molecule has 0 aliphatic heterocycles. The molecule has 0 saturated carbocycles. The van der Waals surface area contributed by atoms with Gasteiger partial charge in [0.05, 0.1) is 10.8 Å². The van der Waals surface area contributed by atoms with Crippen LogP contribution in [0.3, 0.4) is 0 Å². The first kappa shape index (κ1) is 33.8. The van der Waals surface area contributed by atoms with Gasteiger partial charge >= 0.3 is 0 Å². The van der Waals surface area contributed by atoms with Gasteiger partial charge in [0.15, 0.2) is 17.5 Å². The van der Waals surface area contributed by atoms with Crippen LogP contribution in [0.1, 0.15) is 44.5 Å². The summed E-state index contributed by atoms with van der Waals surface area (Å²) in [7, 11) is 0. The van der Waals surface area contributed by atoms with Crippen LogP contribution in [-0.2, 0) is 10.8 Å². The number of benzene rings is 9. The van der Waals surface area contributed by atoms with Gasteiger partial charge in [-0.15, -0.1) is 0 Å². The lowest BCUT2D eigenvalue weighted by Crippen LogP contribution is -2.25. The first-order valence-electron chi connectivity index (χ1n) is 21.5. The Morgan fingerprint density at radius 3 is 0.871 bits per heavy atom. The van der Waals surface area contributed by atoms with Crippen LogP contribution >= 0.6 is 0 Å². The van der Waals surface area contributed by atoms with Gasteiger partial charge < -0.3 is 0 Å². The summed E-state index contributed by atoms with van der Waals surface area (Å²) in [5, 5.41) is 0. The fourth-order valence-corrected chi connectivity index (χ4v) is 12.0. The van der Waals surface area contributed by atoms with Crippen LogP contribution in [-0.4, -0.2) is 15.0 Å². The third-order valence-corrected chi connectivity index (χ3v) is 14.2. The van der Waals surface area contributed by atoms with E-state index in [4.69, 9.17) is 15.0 Å². The summed E-state index contributed by atoms with van der Waals surface area (Å²) in [6, 6.07) is 77.6. The lowest BCUT2D eigenvalue weighted by molar-refractivity contribution is 0.793. The number of hydrogen-bond acceptors (Lipinski definition) is 3. The van der Waals surface area contributed by atoms with Crippen molar-refractivity contribution in [1.29, 1.82) is 0 Å². The largest absolute Gasteiger partial charge is 0.208 e. The normalized spacial score (nSPS) is 14.4. The van der Waals surface area contributed by atoms with E-state index in [1.165, 1.54) is 89.0 Å². The van der Waals surface area contributed by atoms with Gasteiger partial charge in [-0.2, -0.15) is 0 Å². The molecule has 0 fully saturated rings. The van der Waals surface area contributed by atoms with Crippen molar-refractivity contribution in [3.63, 3.8) is 0 Å². The summed E-state index contributed by atoms with van der Waals surface area (Å²) in [5.74, 6) is 1.97. The van der Waals surface area contributed by atoms with Gasteiger partial charge in [-0.05, 0) is 89.0 Å². The predicted octanol–water partition coefficient (Wildman–Crippen LogP) is 13.6. The van der Waals surface area contributed by atoms with E-state index in [1.807, 2.05) is 6.07 Å². The van der Waals surface area contributed by atoms with Crippen LogP contribution in [0.5, 0.6) is 0 Å².